The smallest absolute Gasteiger partial charge is 0.302 e. The number of hydrogen-bond donors (Lipinski definition) is 1. The number of rotatable bonds is 7. The van der Waals surface area contributed by atoms with Crippen molar-refractivity contribution in [2.75, 3.05) is 13.2 Å². The molecule has 0 spiro atoms. The molecule has 1 atom stereocenters. The summed E-state index contributed by atoms with van der Waals surface area (Å²) in [5.41, 5.74) is 0.627. The van der Waals surface area contributed by atoms with Gasteiger partial charge in [0.05, 0.1) is 15.6 Å². The molecular weight excluding hydrogens is 297 g/mol. The third-order valence-electron chi connectivity index (χ3n) is 2.85. The van der Waals surface area contributed by atoms with E-state index in [-0.39, 0.29) is 12.6 Å². The second-order valence-electron chi connectivity index (χ2n) is 4.94. The number of carbonyl (C=O) groups excluding carboxylic acids is 1. The number of nitrogens with one attached hydrogen (secondary N) is 1. The molecule has 0 bridgehead atoms. The Labute approximate surface area is 129 Å². The Hall–Kier alpha value is -1.03. The summed E-state index contributed by atoms with van der Waals surface area (Å²) < 4.78 is 5.14. The van der Waals surface area contributed by atoms with Crippen molar-refractivity contribution in [2.45, 2.75) is 25.8 Å². The number of esters is 1. The lowest BCUT2D eigenvalue weighted by Crippen LogP contribution is -2.48. The maximum absolute atomic E-state index is 11.0. The topological polar surface area (TPSA) is 38.3 Å². The molecule has 0 aliphatic rings. The monoisotopic (exact) mass is 315 g/mol. The van der Waals surface area contributed by atoms with Gasteiger partial charge in [-0.3, -0.25) is 4.79 Å². The van der Waals surface area contributed by atoms with Gasteiger partial charge in [0.25, 0.3) is 0 Å². The Morgan fingerprint density at radius 3 is 2.70 bits per heavy atom. The lowest BCUT2D eigenvalue weighted by Gasteiger charge is -2.30. The minimum Gasteiger partial charge on any atom is -0.464 e. The van der Waals surface area contributed by atoms with Crippen molar-refractivity contribution in [3.8, 4) is 0 Å². The Morgan fingerprint density at radius 2 is 2.15 bits per heavy atom. The Balaban J connectivity index is 2.83. The number of carbonyl (C=O) groups is 1. The summed E-state index contributed by atoms with van der Waals surface area (Å²) >= 11 is 11.9. The quantitative estimate of drug-likeness (QED) is 0.616. The molecule has 1 aromatic carbocycles. The highest BCUT2D eigenvalue weighted by atomic mass is 35.5. The van der Waals surface area contributed by atoms with Crippen molar-refractivity contribution in [3.05, 3.63) is 46.5 Å². The third-order valence-corrected chi connectivity index (χ3v) is 3.58. The molecule has 0 saturated carbocycles. The van der Waals surface area contributed by atoms with Crippen LogP contribution in [0.5, 0.6) is 0 Å². The van der Waals surface area contributed by atoms with E-state index in [9.17, 15) is 4.79 Å². The minimum absolute atomic E-state index is 0.274. The van der Waals surface area contributed by atoms with Crippen LogP contribution in [0.1, 0.15) is 19.4 Å². The van der Waals surface area contributed by atoms with Gasteiger partial charge in [-0.15, -0.1) is 6.58 Å². The Kier molecular flexibility index (Phi) is 6.53. The van der Waals surface area contributed by atoms with Crippen LogP contribution >= 0.6 is 23.2 Å². The SMILES string of the molecule is C=CCNC(C)(COC(C)=O)Cc1ccc(Cl)c(Cl)c1. The van der Waals surface area contributed by atoms with Gasteiger partial charge in [0.15, 0.2) is 0 Å². The lowest BCUT2D eigenvalue weighted by molar-refractivity contribution is -0.143. The molecule has 1 N–H and O–H groups in total. The van der Waals surface area contributed by atoms with Gasteiger partial charge >= 0.3 is 5.97 Å². The van der Waals surface area contributed by atoms with Gasteiger partial charge in [0.2, 0.25) is 0 Å². The highest BCUT2D eigenvalue weighted by Crippen LogP contribution is 2.24. The molecule has 0 amide bonds. The van der Waals surface area contributed by atoms with Crippen LogP contribution in [0.25, 0.3) is 0 Å². The van der Waals surface area contributed by atoms with E-state index < -0.39 is 5.54 Å². The zero-order chi connectivity index (χ0) is 15.2. The zero-order valence-electron chi connectivity index (χ0n) is 11.7. The summed E-state index contributed by atoms with van der Waals surface area (Å²) in [5.74, 6) is -0.300. The number of ether oxygens (including phenoxy) is 1. The van der Waals surface area contributed by atoms with E-state index in [0.29, 0.717) is 23.0 Å². The fourth-order valence-electron chi connectivity index (χ4n) is 1.84. The number of halogens is 2. The summed E-state index contributed by atoms with van der Waals surface area (Å²) in [6.07, 6.45) is 2.42. The molecule has 1 rings (SSSR count). The van der Waals surface area contributed by atoms with Gasteiger partial charge in [0, 0.05) is 13.5 Å². The molecule has 5 heteroatoms. The molecule has 0 heterocycles. The predicted octanol–water partition coefficient (Wildman–Crippen LogP) is 3.63. The van der Waals surface area contributed by atoms with Crippen LogP contribution in [0.4, 0.5) is 0 Å². The average molecular weight is 316 g/mol. The fraction of sp³-hybridized carbons (Fsp3) is 0.400. The van der Waals surface area contributed by atoms with Crippen molar-refractivity contribution < 1.29 is 9.53 Å². The predicted molar refractivity (Wildman–Crippen MR) is 83.4 cm³/mol. The second-order valence-corrected chi connectivity index (χ2v) is 5.75. The number of benzene rings is 1. The summed E-state index contributed by atoms with van der Waals surface area (Å²) in [4.78, 5) is 11.0. The van der Waals surface area contributed by atoms with E-state index in [2.05, 4.69) is 11.9 Å². The fourth-order valence-corrected chi connectivity index (χ4v) is 2.16. The number of hydrogen-bond acceptors (Lipinski definition) is 3. The molecule has 0 aliphatic carbocycles. The zero-order valence-corrected chi connectivity index (χ0v) is 13.2. The largest absolute Gasteiger partial charge is 0.464 e. The van der Waals surface area contributed by atoms with Crippen molar-refractivity contribution in [1.29, 1.82) is 0 Å². The van der Waals surface area contributed by atoms with Gasteiger partial charge in [-0.2, -0.15) is 0 Å². The minimum atomic E-state index is -0.392. The molecule has 0 radical (unpaired) electrons. The van der Waals surface area contributed by atoms with E-state index in [1.54, 1.807) is 12.1 Å². The second kappa shape index (κ2) is 7.67. The molecule has 0 fully saturated rings. The molecule has 0 aliphatic heterocycles. The summed E-state index contributed by atoms with van der Waals surface area (Å²) in [5, 5.41) is 4.35. The summed E-state index contributed by atoms with van der Waals surface area (Å²) in [7, 11) is 0. The van der Waals surface area contributed by atoms with Crippen LogP contribution in [0.2, 0.25) is 10.0 Å². The van der Waals surface area contributed by atoms with Crippen molar-refractivity contribution in [1.82, 2.24) is 5.32 Å². The van der Waals surface area contributed by atoms with Gasteiger partial charge in [-0.05, 0) is 31.0 Å². The maximum Gasteiger partial charge on any atom is 0.302 e. The molecule has 0 aromatic heterocycles. The van der Waals surface area contributed by atoms with Crippen LogP contribution < -0.4 is 5.32 Å². The molecule has 1 aromatic rings. The van der Waals surface area contributed by atoms with Gasteiger partial charge in [-0.1, -0.05) is 35.3 Å². The highest BCUT2D eigenvalue weighted by molar-refractivity contribution is 6.42. The Morgan fingerprint density at radius 1 is 1.45 bits per heavy atom. The first-order chi connectivity index (χ1) is 9.36. The molecule has 3 nitrogen and oxygen atoms in total. The highest BCUT2D eigenvalue weighted by Gasteiger charge is 2.25. The molecular formula is C15H19Cl2NO2. The van der Waals surface area contributed by atoms with Gasteiger partial charge < -0.3 is 10.1 Å². The Bertz CT molecular complexity index is 491. The van der Waals surface area contributed by atoms with Crippen molar-refractivity contribution in [2.24, 2.45) is 0 Å². The van der Waals surface area contributed by atoms with Crippen LogP contribution in [-0.2, 0) is 16.0 Å². The third kappa shape index (κ3) is 5.53. The normalized spacial score (nSPS) is 13.6. The van der Waals surface area contributed by atoms with E-state index in [4.69, 9.17) is 27.9 Å². The summed E-state index contributed by atoms with van der Waals surface area (Å²) in [6.45, 7) is 7.97. The van der Waals surface area contributed by atoms with Gasteiger partial charge in [0.1, 0.15) is 6.61 Å². The van der Waals surface area contributed by atoms with Crippen LogP contribution in [0.15, 0.2) is 30.9 Å². The van der Waals surface area contributed by atoms with E-state index >= 15 is 0 Å². The van der Waals surface area contributed by atoms with Gasteiger partial charge in [-0.25, -0.2) is 0 Å². The summed E-state index contributed by atoms with van der Waals surface area (Å²) in [6, 6.07) is 5.50. The van der Waals surface area contributed by atoms with Crippen LogP contribution in [-0.4, -0.2) is 24.7 Å². The average Bonchev–Trinajstić information content (AvgIpc) is 2.39. The van der Waals surface area contributed by atoms with Crippen molar-refractivity contribution >= 4 is 29.2 Å². The molecule has 1 unspecified atom stereocenters. The van der Waals surface area contributed by atoms with Crippen LogP contribution in [0.3, 0.4) is 0 Å². The molecule has 110 valence electrons. The standard InChI is InChI=1S/C15H19Cl2NO2/c1-4-7-18-15(3,10-20-11(2)19)9-12-5-6-13(16)14(17)8-12/h4-6,8,18H,1,7,9-10H2,2-3H3. The van der Waals surface area contributed by atoms with E-state index in [1.807, 2.05) is 19.1 Å². The maximum atomic E-state index is 11.0. The lowest BCUT2D eigenvalue weighted by atomic mass is 9.93. The van der Waals surface area contributed by atoms with E-state index in [1.165, 1.54) is 6.92 Å². The molecule has 0 saturated heterocycles. The first-order valence-corrected chi connectivity index (χ1v) is 7.05. The van der Waals surface area contributed by atoms with Crippen LogP contribution in [0, 0.1) is 0 Å². The van der Waals surface area contributed by atoms with E-state index in [0.717, 1.165) is 5.56 Å². The van der Waals surface area contributed by atoms with Crippen molar-refractivity contribution in [3.63, 3.8) is 0 Å². The molecule has 20 heavy (non-hydrogen) atoms. The first-order valence-electron chi connectivity index (χ1n) is 6.29. The first kappa shape index (κ1) is 17.0.